The zero-order valence-electron chi connectivity index (χ0n) is 22.8. The van der Waals surface area contributed by atoms with Gasteiger partial charge < -0.3 is 20.3 Å². The number of dihydropyridines is 1. The van der Waals surface area contributed by atoms with Gasteiger partial charge >= 0.3 is 12.5 Å². The van der Waals surface area contributed by atoms with E-state index < -0.39 is 29.8 Å². The molecule has 3 heterocycles. The molecule has 5 rings (SSSR count). The summed E-state index contributed by atoms with van der Waals surface area (Å²) in [7, 11) is 1.97. The molecule has 0 saturated carbocycles. The smallest absolute Gasteiger partial charge is 0.403 e. The molecule has 14 heteroatoms. The number of benzene rings is 2. The van der Waals surface area contributed by atoms with Crippen molar-refractivity contribution in [3.63, 3.8) is 0 Å². The molecule has 0 bridgehead atoms. The lowest BCUT2D eigenvalue weighted by atomic mass is 10.0. The highest BCUT2D eigenvalue weighted by molar-refractivity contribution is 6.06. The average Bonchev–Trinajstić information content (AvgIpc) is 3.37. The van der Waals surface area contributed by atoms with Gasteiger partial charge in [0.1, 0.15) is 11.2 Å². The second-order valence-corrected chi connectivity index (χ2v) is 10.1. The summed E-state index contributed by atoms with van der Waals surface area (Å²) in [4.78, 5) is 17.0. The molecule has 43 heavy (non-hydrogen) atoms. The molecule has 8 nitrogen and oxygen atoms in total. The number of rotatable bonds is 5. The van der Waals surface area contributed by atoms with Crippen LogP contribution < -0.4 is 15.4 Å². The zero-order valence-corrected chi connectivity index (χ0v) is 22.8. The van der Waals surface area contributed by atoms with Crippen LogP contribution in [0.5, 0.6) is 5.75 Å². The Balaban J connectivity index is 1.30. The predicted octanol–water partition coefficient (Wildman–Crippen LogP) is 4.63. The Labute approximate surface area is 242 Å². The van der Waals surface area contributed by atoms with Crippen LogP contribution in [0.4, 0.5) is 32.0 Å². The van der Waals surface area contributed by atoms with Crippen LogP contribution in [0, 0.1) is 11.8 Å². The van der Waals surface area contributed by atoms with Crippen LogP contribution in [0.2, 0.25) is 0 Å². The third-order valence-corrected chi connectivity index (χ3v) is 6.93. The number of ether oxygens (including phenoxy) is 1. The predicted molar refractivity (Wildman–Crippen MR) is 147 cm³/mol. The molecule has 0 atom stereocenters. The number of aromatic amines is 1. The number of carbonyl (C=O) groups excluding carboxylic acids is 1. The van der Waals surface area contributed by atoms with Crippen molar-refractivity contribution in [2.75, 3.05) is 45.1 Å². The van der Waals surface area contributed by atoms with E-state index in [2.05, 4.69) is 42.3 Å². The van der Waals surface area contributed by atoms with Crippen LogP contribution in [-0.2, 0) is 17.5 Å². The van der Waals surface area contributed by atoms with Gasteiger partial charge in [0.2, 0.25) is 0 Å². The summed E-state index contributed by atoms with van der Waals surface area (Å²) >= 11 is 0. The highest BCUT2D eigenvalue weighted by Gasteiger charge is 2.35. The lowest BCUT2D eigenvalue weighted by molar-refractivity contribution is -0.274. The van der Waals surface area contributed by atoms with Crippen LogP contribution in [-0.4, -0.2) is 72.0 Å². The van der Waals surface area contributed by atoms with E-state index in [1.165, 1.54) is 36.5 Å². The molecule has 2 aliphatic rings. The summed E-state index contributed by atoms with van der Waals surface area (Å²) < 4.78 is 83.9. The number of halogens is 6. The molecule has 0 unspecified atom stereocenters. The van der Waals surface area contributed by atoms with Gasteiger partial charge in [0.25, 0.3) is 5.91 Å². The van der Waals surface area contributed by atoms with Gasteiger partial charge in [0.15, 0.2) is 5.75 Å². The average molecular weight is 605 g/mol. The molecule has 1 amide bonds. The number of hydrogen-bond acceptors (Lipinski definition) is 6. The van der Waals surface area contributed by atoms with Crippen molar-refractivity contribution in [3.05, 3.63) is 76.6 Å². The number of carbonyl (C=O) groups is 1. The number of para-hydroxylation sites is 1. The normalized spacial score (nSPS) is 16.5. The number of likely N-dealkylation sites (N-methyl/N-ethyl adjacent to an activating group) is 1. The maximum absolute atomic E-state index is 13.9. The van der Waals surface area contributed by atoms with Gasteiger partial charge in [-0.05, 0) is 48.9 Å². The molecule has 2 aromatic carbocycles. The summed E-state index contributed by atoms with van der Waals surface area (Å²) in [5.74, 6) is 4.51. The molecule has 2 aliphatic heterocycles. The molecule has 0 radical (unpaired) electrons. The number of H-pyrrole nitrogens is 1. The van der Waals surface area contributed by atoms with Gasteiger partial charge in [0.05, 0.1) is 11.1 Å². The Bertz CT molecular complexity index is 1640. The number of piperazine rings is 1. The summed E-state index contributed by atoms with van der Waals surface area (Å²) in [5.41, 5.74) is 0.0781. The van der Waals surface area contributed by atoms with Gasteiger partial charge in [-0.15, -0.1) is 13.2 Å². The number of anilines is 1. The quantitative estimate of drug-likeness (QED) is 0.291. The minimum atomic E-state index is -4.88. The Morgan fingerprint density at radius 2 is 1.84 bits per heavy atom. The van der Waals surface area contributed by atoms with E-state index in [4.69, 9.17) is 0 Å². The van der Waals surface area contributed by atoms with Crippen molar-refractivity contribution >= 4 is 22.5 Å². The minimum absolute atomic E-state index is 0.00756. The number of hydrogen-bond donors (Lipinski definition) is 3. The summed E-state index contributed by atoms with van der Waals surface area (Å²) in [6, 6.07) is 7.82. The number of aromatic nitrogens is 2. The van der Waals surface area contributed by atoms with Gasteiger partial charge in [-0.1, -0.05) is 18.1 Å². The number of nitrogens with zero attached hydrogens (tertiary/aromatic N) is 3. The monoisotopic (exact) mass is 604 g/mol. The molecule has 1 saturated heterocycles. The summed E-state index contributed by atoms with van der Waals surface area (Å²) in [6.45, 7) is 3.26. The molecular formula is C29H26F6N6O2. The first-order valence-corrected chi connectivity index (χ1v) is 13.2. The fourth-order valence-corrected chi connectivity index (χ4v) is 4.73. The Kier molecular flexibility index (Phi) is 8.38. The maximum Gasteiger partial charge on any atom is 0.573 e. The lowest BCUT2D eigenvalue weighted by Gasteiger charge is -2.33. The van der Waals surface area contributed by atoms with E-state index in [-0.39, 0.29) is 41.1 Å². The number of fused-ring (bicyclic) bond motifs is 1. The van der Waals surface area contributed by atoms with E-state index in [1.807, 2.05) is 11.9 Å². The molecule has 226 valence electrons. The molecule has 1 aromatic heterocycles. The molecular weight excluding hydrogens is 578 g/mol. The number of alkyl halides is 6. The summed E-state index contributed by atoms with van der Waals surface area (Å²) in [6.07, 6.45) is -6.60. The van der Waals surface area contributed by atoms with E-state index >= 15 is 0 Å². The number of nitrogens with one attached hydrogen (secondary N) is 3. The first kappa shape index (κ1) is 30.0. The lowest BCUT2D eigenvalue weighted by Crippen LogP contribution is -2.44. The largest absolute Gasteiger partial charge is 0.573 e. The van der Waals surface area contributed by atoms with E-state index in [0.29, 0.717) is 24.0 Å². The van der Waals surface area contributed by atoms with E-state index in [0.717, 1.165) is 25.2 Å². The third-order valence-electron chi connectivity index (χ3n) is 6.93. The first-order valence-electron chi connectivity index (χ1n) is 13.2. The van der Waals surface area contributed by atoms with Crippen molar-refractivity contribution in [3.8, 4) is 17.6 Å². The minimum Gasteiger partial charge on any atom is -0.403 e. The van der Waals surface area contributed by atoms with Gasteiger partial charge in [0, 0.05) is 62.1 Å². The van der Waals surface area contributed by atoms with Crippen LogP contribution in [0.3, 0.4) is 0 Å². The maximum atomic E-state index is 13.9. The fourth-order valence-electron chi connectivity index (χ4n) is 4.73. The van der Waals surface area contributed by atoms with Gasteiger partial charge in [-0.2, -0.15) is 18.3 Å². The van der Waals surface area contributed by atoms with E-state index in [9.17, 15) is 31.1 Å². The Morgan fingerprint density at radius 3 is 2.56 bits per heavy atom. The highest BCUT2D eigenvalue weighted by Crippen LogP contribution is 2.35. The first-order chi connectivity index (χ1) is 20.4. The Morgan fingerprint density at radius 1 is 1.07 bits per heavy atom. The second kappa shape index (κ2) is 12.0. The summed E-state index contributed by atoms with van der Waals surface area (Å²) in [5, 5.41) is 12.2. The molecule has 3 N–H and O–H groups in total. The van der Waals surface area contributed by atoms with Crippen molar-refractivity contribution < 1.29 is 35.9 Å². The zero-order chi connectivity index (χ0) is 30.8. The fraction of sp³-hybridized carbons (Fsp3) is 0.310. The van der Waals surface area contributed by atoms with Crippen LogP contribution in [0.25, 0.3) is 10.9 Å². The van der Waals surface area contributed by atoms with Crippen LogP contribution >= 0.6 is 0 Å². The van der Waals surface area contributed by atoms with Crippen LogP contribution in [0.1, 0.15) is 16.8 Å². The highest BCUT2D eigenvalue weighted by atomic mass is 19.4. The number of amides is 1. The van der Waals surface area contributed by atoms with Gasteiger partial charge in [-0.25, -0.2) is 0 Å². The van der Waals surface area contributed by atoms with Crippen molar-refractivity contribution in [1.29, 1.82) is 0 Å². The van der Waals surface area contributed by atoms with Crippen LogP contribution in [0.15, 0.2) is 59.8 Å². The second-order valence-electron chi connectivity index (χ2n) is 10.1. The third kappa shape index (κ3) is 7.49. The van der Waals surface area contributed by atoms with Crippen molar-refractivity contribution in [1.82, 2.24) is 25.3 Å². The Hall–Kier alpha value is -4.48. The standard InChI is InChI=1S/C29H26F6N6O2/c1-40-9-11-41(12-10-40)17-19-6-7-21(14-23(19)28(30,31)32)37-27(42)20-13-18(15-36-16-20)5-8-24-22-3-2-4-25(26(22)39-38-24)43-29(33,34)35/h2-4,6-7,13-14,16,36H,9-12,15,17H2,1H3,(H,37,42)(H,38,39). The molecule has 0 aliphatic carbocycles. The van der Waals surface area contributed by atoms with Crippen molar-refractivity contribution in [2.45, 2.75) is 19.1 Å². The SMILES string of the molecule is CN1CCN(Cc2ccc(NC(=O)C3=CNCC(C#Cc4n[nH]c5c(OC(F)(F)F)cccc45)=C3)cc2C(F)(F)F)CC1. The van der Waals surface area contributed by atoms with Crippen molar-refractivity contribution in [2.24, 2.45) is 0 Å². The van der Waals surface area contributed by atoms with E-state index in [1.54, 1.807) is 0 Å². The van der Waals surface area contributed by atoms with Gasteiger partial charge in [-0.3, -0.25) is 14.8 Å². The molecule has 0 spiro atoms. The molecule has 1 fully saturated rings. The topological polar surface area (TPSA) is 85.5 Å². The molecule has 3 aromatic rings.